The van der Waals surface area contributed by atoms with Crippen molar-refractivity contribution in [3.05, 3.63) is 42.2 Å². The van der Waals surface area contributed by atoms with Gasteiger partial charge in [-0.2, -0.15) is 0 Å². The molecule has 1 aliphatic rings. The molecule has 0 spiro atoms. The number of rotatable bonds is 5. The smallest absolute Gasteiger partial charge is 0.222 e. The van der Waals surface area contributed by atoms with Crippen molar-refractivity contribution >= 4 is 26.7 Å². The van der Waals surface area contributed by atoms with Gasteiger partial charge in [-0.3, -0.25) is 9.78 Å². The summed E-state index contributed by atoms with van der Waals surface area (Å²) in [5, 5.41) is 7.26. The Balaban J connectivity index is 1.62. The highest BCUT2D eigenvalue weighted by molar-refractivity contribution is 7.89. The Morgan fingerprint density at radius 3 is 2.74 bits per heavy atom. The maximum Gasteiger partial charge on any atom is 0.222 e. The zero-order chi connectivity index (χ0) is 16.4. The van der Waals surface area contributed by atoms with Crippen molar-refractivity contribution in [2.24, 2.45) is 11.1 Å². The van der Waals surface area contributed by atoms with Gasteiger partial charge in [-0.05, 0) is 11.5 Å². The Morgan fingerprint density at radius 1 is 1.26 bits per heavy atom. The molecule has 1 aromatic heterocycles. The Labute approximate surface area is 135 Å². The van der Waals surface area contributed by atoms with Crippen LogP contribution in [0.3, 0.4) is 0 Å². The summed E-state index contributed by atoms with van der Waals surface area (Å²) in [6.45, 7) is 0.994. The molecular formula is C16H19N3O3S. The zero-order valence-corrected chi connectivity index (χ0v) is 13.5. The number of carbonyl (C=O) groups excluding carboxylic acids is 1. The number of benzene rings is 1. The second-order valence-electron chi connectivity index (χ2n) is 6.01. The molecule has 0 saturated carbocycles. The second-order valence-corrected chi connectivity index (χ2v) is 7.67. The van der Waals surface area contributed by atoms with Gasteiger partial charge in [-0.25, -0.2) is 13.6 Å². The van der Waals surface area contributed by atoms with Gasteiger partial charge >= 0.3 is 0 Å². The van der Waals surface area contributed by atoms with Crippen LogP contribution in [0.25, 0.3) is 10.8 Å². The van der Waals surface area contributed by atoms with Crippen molar-refractivity contribution in [2.75, 3.05) is 18.8 Å². The number of pyridine rings is 1. The van der Waals surface area contributed by atoms with Crippen LogP contribution in [0.15, 0.2) is 36.5 Å². The van der Waals surface area contributed by atoms with Crippen molar-refractivity contribution in [3.63, 3.8) is 0 Å². The summed E-state index contributed by atoms with van der Waals surface area (Å²) in [6.07, 6.45) is 2.74. The van der Waals surface area contributed by atoms with Crippen molar-refractivity contribution in [2.45, 2.75) is 12.8 Å². The lowest BCUT2D eigenvalue weighted by Gasteiger charge is -2.16. The van der Waals surface area contributed by atoms with Gasteiger partial charge in [-0.15, -0.1) is 0 Å². The molecule has 0 radical (unpaired) electrons. The quantitative estimate of drug-likeness (QED) is 0.880. The molecule has 23 heavy (non-hydrogen) atoms. The summed E-state index contributed by atoms with van der Waals surface area (Å²) >= 11 is 0. The van der Waals surface area contributed by atoms with E-state index < -0.39 is 10.0 Å². The molecule has 1 unspecified atom stereocenters. The van der Waals surface area contributed by atoms with E-state index in [0.29, 0.717) is 19.5 Å². The van der Waals surface area contributed by atoms with Crippen molar-refractivity contribution in [1.82, 2.24) is 9.88 Å². The van der Waals surface area contributed by atoms with Crippen LogP contribution < -0.4 is 5.14 Å². The summed E-state index contributed by atoms with van der Waals surface area (Å²) in [4.78, 5) is 18.1. The topological polar surface area (TPSA) is 93.4 Å². The number of sulfonamides is 1. The maximum absolute atomic E-state index is 12.0. The predicted octanol–water partition coefficient (Wildman–Crippen LogP) is 0.914. The normalized spacial score (nSPS) is 18.7. The zero-order valence-electron chi connectivity index (χ0n) is 12.7. The molecule has 2 heterocycles. The van der Waals surface area contributed by atoms with E-state index in [4.69, 9.17) is 5.14 Å². The van der Waals surface area contributed by atoms with Gasteiger partial charge in [0.15, 0.2) is 0 Å². The fourth-order valence-corrected chi connectivity index (χ4v) is 3.91. The minimum Gasteiger partial charge on any atom is -0.342 e. The molecule has 1 atom stereocenters. The largest absolute Gasteiger partial charge is 0.342 e. The lowest BCUT2D eigenvalue weighted by atomic mass is 10.1. The van der Waals surface area contributed by atoms with E-state index in [1.165, 1.54) is 0 Å². The van der Waals surface area contributed by atoms with Crippen LogP contribution in [0.4, 0.5) is 0 Å². The van der Waals surface area contributed by atoms with E-state index in [9.17, 15) is 13.2 Å². The molecule has 0 bridgehead atoms. The molecule has 1 aromatic carbocycles. The summed E-state index contributed by atoms with van der Waals surface area (Å²) < 4.78 is 22.3. The molecule has 3 rings (SSSR count). The number of amides is 1. The molecule has 2 aromatic rings. The third-order valence-corrected chi connectivity index (χ3v) is 5.02. The third kappa shape index (κ3) is 4.05. The summed E-state index contributed by atoms with van der Waals surface area (Å²) in [6, 6.07) is 10.0. The number of hydrogen-bond donors (Lipinski definition) is 1. The highest BCUT2D eigenvalue weighted by Crippen LogP contribution is 2.20. The van der Waals surface area contributed by atoms with Gasteiger partial charge in [0.25, 0.3) is 0 Å². The Hall–Kier alpha value is -1.99. The maximum atomic E-state index is 12.0. The molecule has 0 aliphatic carbocycles. The van der Waals surface area contributed by atoms with E-state index in [0.717, 1.165) is 16.5 Å². The van der Waals surface area contributed by atoms with Gasteiger partial charge in [0.2, 0.25) is 15.9 Å². The van der Waals surface area contributed by atoms with E-state index in [-0.39, 0.29) is 24.0 Å². The average Bonchev–Trinajstić information content (AvgIpc) is 2.82. The molecule has 2 N–H and O–H groups in total. The monoisotopic (exact) mass is 333 g/mol. The molecule has 1 saturated heterocycles. The highest BCUT2D eigenvalue weighted by atomic mass is 32.2. The number of aromatic nitrogens is 1. The highest BCUT2D eigenvalue weighted by Gasteiger charge is 2.31. The first-order valence-corrected chi connectivity index (χ1v) is 9.24. The minimum atomic E-state index is -3.54. The average molecular weight is 333 g/mol. The van der Waals surface area contributed by atoms with E-state index in [2.05, 4.69) is 4.98 Å². The van der Waals surface area contributed by atoms with E-state index in [1.807, 2.05) is 36.5 Å². The molecule has 7 heteroatoms. The van der Waals surface area contributed by atoms with E-state index in [1.54, 1.807) is 4.90 Å². The van der Waals surface area contributed by atoms with Crippen molar-refractivity contribution < 1.29 is 13.2 Å². The van der Waals surface area contributed by atoms with Crippen LogP contribution in [0.1, 0.15) is 12.1 Å². The van der Waals surface area contributed by atoms with Gasteiger partial charge in [-0.1, -0.05) is 24.3 Å². The summed E-state index contributed by atoms with van der Waals surface area (Å²) in [5.74, 6) is -0.356. The number of nitrogens with zero attached hydrogens (tertiary/aromatic N) is 2. The minimum absolute atomic E-state index is 0.0144. The van der Waals surface area contributed by atoms with Crippen LogP contribution >= 0.6 is 0 Å². The summed E-state index contributed by atoms with van der Waals surface area (Å²) in [7, 11) is -3.54. The number of carbonyl (C=O) groups is 1. The van der Waals surface area contributed by atoms with Crippen LogP contribution in [0.2, 0.25) is 0 Å². The first-order valence-electron chi connectivity index (χ1n) is 7.52. The summed E-state index contributed by atoms with van der Waals surface area (Å²) in [5.41, 5.74) is 0.923. The standard InChI is InChI=1S/C16H19N3O3S/c17-23(21,22)11-12-7-16(20)19(10-12)6-5-15-8-13-3-1-2-4-14(13)9-18-15/h1-4,8-9,12H,5-7,10-11H2,(H2,17,21,22). The van der Waals surface area contributed by atoms with Crippen molar-refractivity contribution in [1.29, 1.82) is 0 Å². The van der Waals surface area contributed by atoms with Crippen LogP contribution in [0, 0.1) is 5.92 Å². The molecule has 1 amide bonds. The number of primary sulfonamides is 1. The van der Waals surface area contributed by atoms with Gasteiger partial charge in [0, 0.05) is 49.1 Å². The lowest BCUT2D eigenvalue weighted by Crippen LogP contribution is -2.29. The SMILES string of the molecule is NS(=O)(=O)CC1CC(=O)N(CCc2cc3ccccc3cn2)C1. The molecule has 6 nitrogen and oxygen atoms in total. The number of hydrogen-bond acceptors (Lipinski definition) is 4. The Bertz CT molecular complexity index is 835. The third-order valence-electron chi connectivity index (χ3n) is 4.09. The van der Waals surface area contributed by atoms with Crippen molar-refractivity contribution in [3.8, 4) is 0 Å². The Kier molecular flexibility index (Phi) is 4.32. The number of nitrogens with two attached hydrogens (primary N) is 1. The van der Waals surface area contributed by atoms with Gasteiger partial charge in [0.1, 0.15) is 0 Å². The van der Waals surface area contributed by atoms with Crippen LogP contribution in [0.5, 0.6) is 0 Å². The van der Waals surface area contributed by atoms with Crippen LogP contribution in [-0.2, 0) is 21.2 Å². The Morgan fingerprint density at radius 2 is 2.00 bits per heavy atom. The molecular weight excluding hydrogens is 314 g/mol. The lowest BCUT2D eigenvalue weighted by molar-refractivity contribution is -0.127. The fourth-order valence-electron chi connectivity index (χ4n) is 3.03. The number of likely N-dealkylation sites (tertiary alicyclic amines) is 1. The first kappa shape index (κ1) is 15.9. The number of fused-ring (bicyclic) bond motifs is 1. The molecule has 122 valence electrons. The van der Waals surface area contributed by atoms with Gasteiger partial charge < -0.3 is 4.90 Å². The van der Waals surface area contributed by atoms with Crippen LogP contribution in [-0.4, -0.2) is 43.1 Å². The fraction of sp³-hybridized carbons (Fsp3) is 0.375. The second kappa shape index (κ2) is 6.25. The predicted molar refractivity (Wildman–Crippen MR) is 88.1 cm³/mol. The van der Waals surface area contributed by atoms with E-state index >= 15 is 0 Å². The van der Waals surface area contributed by atoms with Gasteiger partial charge in [0.05, 0.1) is 5.75 Å². The first-order chi connectivity index (χ1) is 10.9. The molecule has 1 aliphatic heterocycles. The molecule has 1 fully saturated rings.